The van der Waals surface area contributed by atoms with E-state index >= 15 is 0 Å². The van der Waals surface area contributed by atoms with E-state index in [0.29, 0.717) is 19.5 Å². The van der Waals surface area contributed by atoms with Crippen LogP contribution in [0.15, 0.2) is 43.0 Å². The van der Waals surface area contributed by atoms with E-state index in [2.05, 4.69) is 6.58 Å². The smallest absolute Gasteiger partial charge is 0.0718 e. The Morgan fingerprint density at radius 3 is 2.59 bits per heavy atom. The minimum atomic E-state index is -0.389. The van der Waals surface area contributed by atoms with Gasteiger partial charge < -0.3 is 15.1 Å². The number of rotatable bonds is 8. The molecule has 1 aromatic rings. The highest BCUT2D eigenvalue weighted by Gasteiger charge is 2.11. The number of benzene rings is 1. The third kappa shape index (κ3) is 5.02. The lowest BCUT2D eigenvalue weighted by molar-refractivity contribution is 0.169. The van der Waals surface area contributed by atoms with Crippen molar-refractivity contribution in [2.45, 2.75) is 18.9 Å². The highest BCUT2D eigenvalue weighted by Crippen LogP contribution is 2.14. The lowest BCUT2D eigenvalue weighted by Gasteiger charge is -2.26. The summed E-state index contributed by atoms with van der Waals surface area (Å²) < 4.78 is 0. The van der Waals surface area contributed by atoms with Crippen LogP contribution in [0, 0.1) is 0 Å². The number of anilines is 1. The largest absolute Gasteiger partial charge is 0.395 e. The first-order chi connectivity index (χ1) is 8.27. The summed E-state index contributed by atoms with van der Waals surface area (Å²) in [7, 11) is 0. The summed E-state index contributed by atoms with van der Waals surface area (Å²) in [4.78, 5) is 1.99. The fourth-order valence-corrected chi connectivity index (χ4v) is 1.74. The molecule has 0 spiro atoms. The molecular formula is C14H21NO2. The Hall–Kier alpha value is -1.32. The van der Waals surface area contributed by atoms with Gasteiger partial charge in [-0.15, -0.1) is 6.58 Å². The summed E-state index contributed by atoms with van der Waals surface area (Å²) in [6.45, 7) is 4.80. The molecule has 17 heavy (non-hydrogen) atoms. The predicted octanol–water partition coefficient (Wildman–Crippen LogP) is 1.81. The Balaban J connectivity index is 2.57. The molecule has 0 aliphatic rings. The summed E-state index contributed by atoms with van der Waals surface area (Å²) in [6, 6.07) is 9.83. The van der Waals surface area contributed by atoms with E-state index in [4.69, 9.17) is 5.11 Å². The van der Waals surface area contributed by atoms with Crippen LogP contribution in [0.3, 0.4) is 0 Å². The van der Waals surface area contributed by atoms with Crippen molar-refractivity contribution in [2.24, 2.45) is 0 Å². The summed E-state index contributed by atoms with van der Waals surface area (Å²) in [6.07, 6.45) is 2.93. The van der Waals surface area contributed by atoms with Gasteiger partial charge in [-0.3, -0.25) is 0 Å². The van der Waals surface area contributed by atoms with Crippen molar-refractivity contribution in [3.8, 4) is 0 Å². The zero-order chi connectivity index (χ0) is 12.5. The standard InChI is InChI=1S/C14H21NO2/c1-2-3-9-14(17)12-15(10-11-16)13-7-5-4-6-8-13/h2,4-8,14,16-17H,1,3,9-12H2. The molecule has 0 bridgehead atoms. The summed E-state index contributed by atoms with van der Waals surface area (Å²) >= 11 is 0. The molecule has 0 fully saturated rings. The molecule has 1 aromatic carbocycles. The van der Waals surface area contributed by atoms with Gasteiger partial charge in [-0.05, 0) is 25.0 Å². The van der Waals surface area contributed by atoms with E-state index in [1.165, 1.54) is 0 Å². The van der Waals surface area contributed by atoms with Crippen LogP contribution in [0.2, 0.25) is 0 Å². The maximum absolute atomic E-state index is 9.87. The van der Waals surface area contributed by atoms with Gasteiger partial charge in [0, 0.05) is 18.8 Å². The molecule has 0 radical (unpaired) electrons. The average Bonchev–Trinajstić information content (AvgIpc) is 2.37. The Kier molecular flexibility index (Phi) is 6.37. The number of aliphatic hydroxyl groups excluding tert-OH is 2. The van der Waals surface area contributed by atoms with Crippen molar-refractivity contribution in [2.75, 3.05) is 24.6 Å². The molecule has 2 N–H and O–H groups in total. The Morgan fingerprint density at radius 1 is 1.29 bits per heavy atom. The van der Waals surface area contributed by atoms with Crippen molar-refractivity contribution in [1.82, 2.24) is 0 Å². The predicted molar refractivity (Wildman–Crippen MR) is 71.2 cm³/mol. The maximum Gasteiger partial charge on any atom is 0.0718 e. The highest BCUT2D eigenvalue weighted by molar-refractivity contribution is 5.46. The first kappa shape index (κ1) is 13.7. The molecule has 1 rings (SSSR count). The second-order valence-electron chi connectivity index (χ2n) is 4.03. The highest BCUT2D eigenvalue weighted by atomic mass is 16.3. The molecule has 3 nitrogen and oxygen atoms in total. The first-order valence-corrected chi connectivity index (χ1v) is 5.97. The van der Waals surface area contributed by atoms with Gasteiger partial charge in [-0.1, -0.05) is 24.3 Å². The van der Waals surface area contributed by atoms with Crippen LogP contribution < -0.4 is 4.90 Å². The minimum Gasteiger partial charge on any atom is -0.395 e. The van der Waals surface area contributed by atoms with Crippen LogP contribution in [0.5, 0.6) is 0 Å². The molecule has 1 unspecified atom stereocenters. The zero-order valence-corrected chi connectivity index (χ0v) is 10.1. The van der Waals surface area contributed by atoms with E-state index in [1.54, 1.807) is 0 Å². The van der Waals surface area contributed by atoms with Crippen molar-refractivity contribution >= 4 is 5.69 Å². The van der Waals surface area contributed by atoms with Crippen LogP contribution in [0.1, 0.15) is 12.8 Å². The van der Waals surface area contributed by atoms with Crippen LogP contribution in [-0.2, 0) is 0 Å². The number of nitrogens with zero attached hydrogens (tertiary/aromatic N) is 1. The lowest BCUT2D eigenvalue weighted by Crippen LogP contribution is -2.34. The fourth-order valence-electron chi connectivity index (χ4n) is 1.74. The van der Waals surface area contributed by atoms with Crippen LogP contribution in [-0.4, -0.2) is 36.0 Å². The van der Waals surface area contributed by atoms with E-state index in [-0.39, 0.29) is 12.7 Å². The maximum atomic E-state index is 9.87. The van der Waals surface area contributed by atoms with Gasteiger partial charge in [0.1, 0.15) is 0 Å². The quantitative estimate of drug-likeness (QED) is 0.675. The van der Waals surface area contributed by atoms with Crippen molar-refractivity contribution in [1.29, 1.82) is 0 Å². The molecule has 3 heteroatoms. The summed E-state index contributed by atoms with van der Waals surface area (Å²) in [5.74, 6) is 0. The molecule has 1 atom stereocenters. The third-order valence-corrected chi connectivity index (χ3v) is 2.63. The molecule has 0 aromatic heterocycles. The molecular weight excluding hydrogens is 214 g/mol. The molecule has 0 saturated carbocycles. The normalized spacial score (nSPS) is 12.1. The number of para-hydroxylation sites is 1. The fraction of sp³-hybridized carbons (Fsp3) is 0.429. The second kappa shape index (κ2) is 7.87. The third-order valence-electron chi connectivity index (χ3n) is 2.63. The van der Waals surface area contributed by atoms with Crippen molar-refractivity contribution in [3.63, 3.8) is 0 Å². The monoisotopic (exact) mass is 235 g/mol. The lowest BCUT2D eigenvalue weighted by atomic mass is 10.1. The zero-order valence-electron chi connectivity index (χ0n) is 10.1. The molecule has 0 aliphatic heterocycles. The summed E-state index contributed by atoms with van der Waals surface area (Å²) in [5, 5.41) is 18.9. The van der Waals surface area contributed by atoms with E-state index in [0.717, 1.165) is 12.1 Å². The minimum absolute atomic E-state index is 0.0864. The van der Waals surface area contributed by atoms with E-state index in [1.807, 2.05) is 41.3 Å². The SMILES string of the molecule is C=CCCC(O)CN(CCO)c1ccccc1. The van der Waals surface area contributed by atoms with Crippen molar-refractivity contribution in [3.05, 3.63) is 43.0 Å². The summed E-state index contributed by atoms with van der Waals surface area (Å²) in [5.41, 5.74) is 1.03. The van der Waals surface area contributed by atoms with Gasteiger partial charge in [0.25, 0.3) is 0 Å². The average molecular weight is 235 g/mol. The van der Waals surface area contributed by atoms with Crippen LogP contribution in [0.25, 0.3) is 0 Å². The van der Waals surface area contributed by atoms with Gasteiger partial charge in [-0.2, -0.15) is 0 Å². The van der Waals surface area contributed by atoms with Gasteiger partial charge in [-0.25, -0.2) is 0 Å². The molecule has 0 aliphatic carbocycles. The van der Waals surface area contributed by atoms with Gasteiger partial charge in [0.15, 0.2) is 0 Å². The van der Waals surface area contributed by atoms with Gasteiger partial charge in [0.2, 0.25) is 0 Å². The molecule has 0 saturated heterocycles. The Bertz CT molecular complexity index is 313. The number of aliphatic hydroxyl groups is 2. The van der Waals surface area contributed by atoms with Gasteiger partial charge in [0.05, 0.1) is 12.7 Å². The molecule has 0 heterocycles. The molecule has 94 valence electrons. The number of allylic oxidation sites excluding steroid dienone is 1. The first-order valence-electron chi connectivity index (χ1n) is 5.97. The second-order valence-corrected chi connectivity index (χ2v) is 4.03. The van der Waals surface area contributed by atoms with E-state index < -0.39 is 0 Å². The Labute approximate surface area is 103 Å². The van der Waals surface area contributed by atoms with Crippen LogP contribution in [0.4, 0.5) is 5.69 Å². The number of hydrogen-bond donors (Lipinski definition) is 2. The molecule has 0 amide bonds. The Morgan fingerprint density at radius 2 is 2.00 bits per heavy atom. The number of hydrogen-bond acceptors (Lipinski definition) is 3. The van der Waals surface area contributed by atoms with E-state index in [9.17, 15) is 5.11 Å². The van der Waals surface area contributed by atoms with Crippen LogP contribution >= 0.6 is 0 Å². The van der Waals surface area contributed by atoms with Crippen molar-refractivity contribution < 1.29 is 10.2 Å². The van der Waals surface area contributed by atoms with Gasteiger partial charge >= 0.3 is 0 Å². The topological polar surface area (TPSA) is 43.7 Å².